The van der Waals surface area contributed by atoms with Gasteiger partial charge in [0.15, 0.2) is 0 Å². The lowest BCUT2D eigenvalue weighted by Gasteiger charge is -2.37. The minimum absolute atomic E-state index is 0.0357. The van der Waals surface area contributed by atoms with Crippen LogP contribution in [0.5, 0.6) is 0 Å². The summed E-state index contributed by atoms with van der Waals surface area (Å²) in [5, 5.41) is 13.4. The van der Waals surface area contributed by atoms with Crippen molar-refractivity contribution in [1.82, 2.24) is 9.88 Å². The van der Waals surface area contributed by atoms with E-state index in [1.807, 2.05) is 0 Å². The van der Waals surface area contributed by atoms with Crippen molar-refractivity contribution < 1.29 is 27.8 Å². The monoisotopic (exact) mass is 421 g/mol. The number of amides is 1. The second-order valence-electron chi connectivity index (χ2n) is 7.74. The van der Waals surface area contributed by atoms with Crippen LogP contribution in [0, 0.1) is 0 Å². The molecule has 6 nitrogen and oxygen atoms in total. The van der Waals surface area contributed by atoms with Crippen LogP contribution in [-0.4, -0.2) is 53.2 Å². The molecule has 4 rings (SSSR count). The van der Waals surface area contributed by atoms with Crippen molar-refractivity contribution in [1.29, 1.82) is 0 Å². The zero-order chi connectivity index (χ0) is 21.4. The molecule has 9 heteroatoms. The summed E-state index contributed by atoms with van der Waals surface area (Å²) in [6.45, 7) is 1.59. The Kier molecular flexibility index (Phi) is 5.42. The summed E-state index contributed by atoms with van der Waals surface area (Å²) in [5.41, 5.74) is -0.454. The first-order valence-electron chi connectivity index (χ1n) is 9.74. The van der Waals surface area contributed by atoms with Gasteiger partial charge in [0.05, 0.1) is 18.8 Å². The van der Waals surface area contributed by atoms with Crippen LogP contribution < -0.4 is 5.32 Å². The maximum atomic E-state index is 12.7. The Morgan fingerprint density at radius 2 is 1.80 bits per heavy atom. The quantitative estimate of drug-likeness (QED) is 0.794. The van der Waals surface area contributed by atoms with Gasteiger partial charge in [-0.3, -0.25) is 4.79 Å². The van der Waals surface area contributed by atoms with Gasteiger partial charge in [0.1, 0.15) is 11.4 Å². The molecule has 2 aliphatic heterocycles. The molecule has 3 heterocycles. The highest BCUT2D eigenvalue weighted by Gasteiger charge is 2.38. The maximum Gasteiger partial charge on any atom is 0.417 e. The van der Waals surface area contributed by atoms with E-state index < -0.39 is 17.3 Å². The van der Waals surface area contributed by atoms with E-state index in [0.29, 0.717) is 37.3 Å². The fourth-order valence-corrected chi connectivity index (χ4v) is 3.65. The van der Waals surface area contributed by atoms with Gasteiger partial charge in [-0.2, -0.15) is 13.2 Å². The Labute approximate surface area is 171 Å². The number of aromatic nitrogens is 1. The van der Waals surface area contributed by atoms with Gasteiger partial charge in [0.2, 0.25) is 0 Å². The van der Waals surface area contributed by atoms with Gasteiger partial charge < -0.3 is 20.1 Å². The average Bonchev–Trinajstić information content (AvgIpc) is 2.72. The van der Waals surface area contributed by atoms with Crippen molar-refractivity contribution in [3.05, 3.63) is 59.3 Å². The number of pyridine rings is 1. The van der Waals surface area contributed by atoms with Crippen LogP contribution in [0.15, 0.2) is 42.6 Å². The van der Waals surface area contributed by atoms with Crippen LogP contribution in [-0.2, 0) is 16.5 Å². The number of benzene rings is 1. The molecule has 1 amide bonds. The molecular weight excluding hydrogens is 399 g/mol. The van der Waals surface area contributed by atoms with Gasteiger partial charge in [-0.15, -0.1) is 0 Å². The number of ether oxygens (including phenoxy) is 1. The summed E-state index contributed by atoms with van der Waals surface area (Å²) in [6, 6.07) is 9.29. The Bertz CT molecular complexity index is 888. The first-order valence-corrected chi connectivity index (χ1v) is 9.74. The van der Waals surface area contributed by atoms with Crippen LogP contribution in [0.2, 0.25) is 0 Å². The smallest absolute Gasteiger partial charge is 0.380 e. The van der Waals surface area contributed by atoms with E-state index >= 15 is 0 Å². The van der Waals surface area contributed by atoms with E-state index in [0.717, 1.165) is 17.8 Å². The van der Waals surface area contributed by atoms with Crippen molar-refractivity contribution in [3.63, 3.8) is 0 Å². The van der Waals surface area contributed by atoms with Gasteiger partial charge in [0, 0.05) is 30.9 Å². The van der Waals surface area contributed by atoms with Gasteiger partial charge >= 0.3 is 6.18 Å². The molecule has 0 saturated carbocycles. The van der Waals surface area contributed by atoms with Crippen molar-refractivity contribution >= 4 is 11.7 Å². The highest BCUT2D eigenvalue weighted by molar-refractivity contribution is 5.94. The summed E-state index contributed by atoms with van der Waals surface area (Å²) in [4.78, 5) is 18.3. The number of anilines is 1. The molecular formula is C21H22F3N3O3. The standard InChI is InChI=1S/C21H22F3N3O3/c22-21(23,24)16-5-6-18(25-11-16)26-17-7-9-27(10-8-17)19(28)14-1-3-15(4-2-14)20(29)12-30-13-20/h1-6,11,17,29H,7-10,12-13H2,(H,25,26). The van der Waals surface area contributed by atoms with Crippen LogP contribution in [0.4, 0.5) is 19.0 Å². The van der Waals surface area contributed by atoms with Gasteiger partial charge in [-0.1, -0.05) is 12.1 Å². The number of nitrogens with one attached hydrogen (secondary N) is 1. The molecule has 0 bridgehead atoms. The second-order valence-corrected chi connectivity index (χ2v) is 7.74. The summed E-state index contributed by atoms with van der Waals surface area (Å²) in [5.74, 6) is 0.311. The number of hydrogen-bond donors (Lipinski definition) is 2. The molecule has 30 heavy (non-hydrogen) atoms. The summed E-state index contributed by atoms with van der Waals surface area (Å²) >= 11 is 0. The molecule has 1 aromatic heterocycles. The predicted octanol–water partition coefficient (Wildman–Crippen LogP) is 3.03. The van der Waals surface area contributed by atoms with Crippen LogP contribution in [0.3, 0.4) is 0 Å². The SMILES string of the molecule is O=C(c1ccc(C2(O)COC2)cc1)N1CCC(Nc2ccc(C(F)(F)F)cn2)CC1. The minimum Gasteiger partial charge on any atom is -0.380 e. The molecule has 0 radical (unpaired) electrons. The number of carbonyl (C=O) groups excluding carboxylic acids is 1. The highest BCUT2D eigenvalue weighted by Crippen LogP contribution is 2.30. The zero-order valence-electron chi connectivity index (χ0n) is 16.2. The van der Waals surface area contributed by atoms with E-state index in [4.69, 9.17) is 4.74 Å². The summed E-state index contributed by atoms with van der Waals surface area (Å²) in [7, 11) is 0. The summed E-state index contributed by atoms with van der Waals surface area (Å²) in [6.07, 6.45) is -2.25. The van der Waals surface area contributed by atoms with Crippen molar-refractivity contribution in [2.24, 2.45) is 0 Å². The molecule has 2 N–H and O–H groups in total. The number of rotatable bonds is 4. The van der Waals surface area contributed by atoms with E-state index in [2.05, 4.69) is 10.3 Å². The van der Waals surface area contributed by atoms with Gasteiger partial charge in [0.25, 0.3) is 5.91 Å². The summed E-state index contributed by atoms with van der Waals surface area (Å²) < 4.78 is 42.9. The number of piperidine rings is 1. The lowest BCUT2D eigenvalue weighted by atomic mass is 9.91. The van der Waals surface area contributed by atoms with Crippen molar-refractivity contribution in [2.45, 2.75) is 30.7 Å². The van der Waals surface area contributed by atoms with Crippen LogP contribution in [0.25, 0.3) is 0 Å². The maximum absolute atomic E-state index is 12.7. The third-order valence-corrected chi connectivity index (χ3v) is 5.58. The largest absolute Gasteiger partial charge is 0.417 e. The molecule has 0 spiro atoms. The first kappa shape index (κ1) is 20.6. The second kappa shape index (κ2) is 7.88. The first-order chi connectivity index (χ1) is 14.2. The number of aliphatic hydroxyl groups is 1. The lowest BCUT2D eigenvalue weighted by Crippen LogP contribution is -2.46. The molecule has 0 atom stereocenters. The third-order valence-electron chi connectivity index (χ3n) is 5.58. The Balaban J connectivity index is 1.30. The fraction of sp³-hybridized carbons (Fsp3) is 0.429. The molecule has 0 unspecified atom stereocenters. The Morgan fingerprint density at radius 3 is 2.30 bits per heavy atom. The molecule has 2 fully saturated rings. The number of halogens is 3. The molecule has 160 valence electrons. The van der Waals surface area contributed by atoms with Crippen molar-refractivity contribution in [2.75, 3.05) is 31.6 Å². The number of alkyl halides is 3. The number of nitrogens with zero attached hydrogens (tertiary/aromatic N) is 2. The van der Waals surface area contributed by atoms with Crippen molar-refractivity contribution in [3.8, 4) is 0 Å². The molecule has 2 aliphatic rings. The van der Waals surface area contributed by atoms with E-state index in [9.17, 15) is 23.1 Å². The topological polar surface area (TPSA) is 74.7 Å². The van der Waals surface area contributed by atoms with Gasteiger partial charge in [-0.05, 0) is 42.7 Å². The highest BCUT2D eigenvalue weighted by atomic mass is 19.4. The zero-order valence-corrected chi connectivity index (χ0v) is 16.2. The lowest BCUT2D eigenvalue weighted by molar-refractivity contribution is -0.184. The Hall–Kier alpha value is -2.65. The van der Waals surface area contributed by atoms with E-state index in [1.54, 1.807) is 29.2 Å². The normalized spacial score (nSPS) is 19.3. The molecule has 2 aromatic rings. The average molecular weight is 421 g/mol. The third kappa shape index (κ3) is 4.27. The Morgan fingerprint density at radius 1 is 1.13 bits per heavy atom. The van der Waals surface area contributed by atoms with E-state index in [-0.39, 0.29) is 25.2 Å². The number of carbonyl (C=O) groups is 1. The minimum atomic E-state index is -4.40. The molecule has 0 aliphatic carbocycles. The number of hydrogen-bond acceptors (Lipinski definition) is 5. The number of likely N-dealkylation sites (tertiary alicyclic amines) is 1. The molecule has 2 saturated heterocycles. The molecule has 1 aromatic carbocycles. The van der Waals surface area contributed by atoms with Crippen LogP contribution >= 0.6 is 0 Å². The van der Waals surface area contributed by atoms with Gasteiger partial charge in [-0.25, -0.2) is 4.98 Å². The van der Waals surface area contributed by atoms with Crippen LogP contribution in [0.1, 0.15) is 34.3 Å². The van der Waals surface area contributed by atoms with E-state index in [1.165, 1.54) is 6.07 Å². The fourth-order valence-electron chi connectivity index (χ4n) is 3.65. The predicted molar refractivity (Wildman–Crippen MR) is 103 cm³/mol.